The maximum Gasteiger partial charge on any atom is 0.313 e. The molecule has 0 saturated heterocycles. The third-order valence-electron chi connectivity index (χ3n) is 2.49. The highest BCUT2D eigenvalue weighted by molar-refractivity contribution is 5.98. The van der Waals surface area contributed by atoms with E-state index < -0.39 is 12.1 Å². The van der Waals surface area contributed by atoms with E-state index in [0.29, 0.717) is 11.5 Å². The standard InChI is InChI=1S/C13H14O5/c1-2-16-13(15)7-9(14)12-8-17-10-5-3-4-6-11(10)18-12/h3-6,12H,2,7-8H2,1H3/t12-/m0/s1. The first-order valence-corrected chi connectivity index (χ1v) is 5.77. The molecule has 5 heteroatoms. The van der Waals surface area contributed by atoms with Crippen molar-refractivity contribution in [1.82, 2.24) is 0 Å². The minimum absolute atomic E-state index is 0.120. The molecule has 1 aliphatic rings. The fourth-order valence-corrected chi connectivity index (χ4v) is 1.65. The van der Waals surface area contributed by atoms with Crippen LogP contribution < -0.4 is 9.47 Å². The molecular formula is C13H14O5. The number of esters is 1. The minimum Gasteiger partial charge on any atom is -0.485 e. The molecule has 18 heavy (non-hydrogen) atoms. The molecule has 0 amide bonds. The zero-order valence-electron chi connectivity index (χ0n) is 10.0. The van der Waals surface area contributed by atoms with E-state index >= 15 is 0 Å². The van der Waals surface area contributed by atoms with Gasteiger partial charge in [-0.2, -0.15) is 0 Å². The van der Waals surface area contributed by atoms with Crippen molar-refractivity contribution >= 4 is 11.8 Å². The van der Waals surface area contributed by atoms with Crippen molar-refractivity contribution < 1.29 is 23.8 Å². The largest absolute Gasteiger partial charge is 0.485 e. The van der Waals surface area contributed by atoms with Gasteiger partial charge in [0.2, 0.25) is 0 Å². The van der Waals surface area contributed by atoms with E-state index in [1.165, 1.54) is 0 Å². The van der Waals surface area contributed by atoms with Crippen LogP contribution in [0, 0.1) is 0 Å². The highest BCUT2D eigenvalue weighted by Gasteiger charge is 2.28. The summed E-state index contributed by atoms with van der Waals surface area (Å²) in [6, 6.07) is 7.10. The maximum atomic E-state index is 11.8. The summed E-state index contributed by atoms with van der Waals surface area (Å²) in [6.07, 6.45) is -1.03. The predicted molar refractivity (Wildman–Crippen MR) is 62.6 cm³/mol. The molecule has 1 aromatic rings. The smallest absolute Gasteiger partial charge is 0.313 e. The number of ether oxygens (including phenoxy) is 3. The Morgan fingerprint density at radius 3 is 2.78 bits per heavy atom. The van der Waals surface area contributed by atoms with Crippen LogP contribution in [0.2, 0.25) is 0 Å². The molecule has 0 spiro atoms. The molecular weight excluding hydrogens is 236 g/mol. The number of hydrogen-bond acceptors (Lipinski definition) is 5. The zero-order chi connectivity index (χ0) is 13.0. The summed E-state index contributed by atoms with van der Waals surface area (Å²) < 4.78 is 15.6. The normalized spacial score (nSPS) is 17.1. The fraction of sp³-hybridized carbons (Fsp3) is 0.385. The molecule has 1 aromatic carbocycles. The van der Waals surface area contributed by atoms with Crippen LogP contribution in [0.25, 0.3) is 0 Å². The second-order valence-corrected chi connectivity index (χ2v) is 3.81. The molecule has 0 unspecified atom stereocenters. The lowest BCUT2D eigenvalue weighted by molar-refractivity contribution is -0.147. The van der Waals surface area contributed by atoms with Crippen LogP contribution in [0.15, 0.2) is 24.3 Å². The lowest BCUT2D eigenvalue weighted by atomic mass is 10.1. The Hall–Kier alpha value is -2.04. The third-order valence-corrected chi connectivity index (χ3v) is 2.49. The predicted octanol–water partition coefficient (Wildman–Crippen LogP) is 1.35. The number of Topliss-reactive ketones (excluding diaryl/α,β-unsaturated/α-hetero) is 1. The summed E-state index contributed by atoms with van der Waals surface area (Å²) in [7, 11) is 0. The Bertz CT molecular complexity index is 454. The minimum atomic E-state index is -0.746. The first-order valence-electron chi connectivity index (χ1n) is 5.77. The summed E-state index contributed by atoms with van der Waals surface area (Å²) in [5, 5.41) is 0. The van der Waals surface area contributed by atoms with Crippen molar-refractivity contribution in [3.8, 4) is 11.5 Å². The van der Waals surface area contributed by atoms with Gasteiger partial charge in [-0.3, -0.25) is 9.59 Å². The van der Waals surface area contributed by atoms with E-state index in [9.17, 15) is 9.59 Å². The summed E-state index contributed by atoms with van der Waals surface area (Å²) >= 11 is 0. The summed E-state index contributed by atoms with van der Waals surface area (Å²) in [5.74, 6) is 0.261. The lowest BCUT2D eigenvalue weighted by Crippen LogP contribution is -2.37. The number of hydrogen-bond donors (Lipinski definition) is 0. The zero-order valence-corrected chi connectivity index (χ0v) is 10.0. The highest BCUT2D eigenvalue weighted by Crippen LogP contribution is 2.31. The van der Waals surface area contributed by atoms with E-state index in [1.54, 1.807) is 25.1 Å². The molecule has 2 rings (SSSR count). The monoisotopic (exact) mass is 250 g/mol. The molecule has 0 radical (unpaired) electrons. The second kappa shape index (κ2) is 5.53. The van der Waals surface area contributed by atoms with Gasteiger partial charge >= 0.3 is 5.97 Å². The summed E-state index contributed by atoms with van der Waals surface area (Å²) in [5.41, 5.74) is 0. The average Bonchev–Trinajstić information content (AvgIpc) is 2.38. The first-order chi connectivity index (χ1) is 8.70. The number of ketones is 1. The molecule has 1 atom stereocenters. The van der Waals surface area contributed by atoms with Crippen LogP contribution in [0.4, 0.5) is 0 Å². The van der Waals surface area contributed by atoms with Crippen molar-refractivity contribution in [3.63, 3.8) is 0 Å². The van der Waals surface area contributed by atoms with Crippen LogP contribution >= 0.6 is 0 Å². The second-order valence-electron chi connectivity index (χ2n) is 3.81. The average molecular weight is 250 g/mol. The van der Waals surface area contributed by atoms with Crippen LogP contribution in [-0.2, 0) is 14.3 Å². The van der Waals surface area contributed by atoms with Crippen LogP contribution in [0.3, 0.4) is 0 Å². The Kier molecular flexibility index (Phi) is 3.82. The Labute approximate surface area is 105 Å². The van der Waals surface area contributed by atoms with E-state index in [1.807, 2.05) is 6.07 Å². The topological polar surface area (TPSA) is 61.8 Å². The number of carbonyl (C=O) groups excluding carboxylic acids is 2. The Morgan fingerprint density at radius 2 is 2.06 bits per heavy atom. The summed E-state index contributed by atoms with van der Waals surface area (Å²) in [4.78, 5) is 23.0. The highest BCUT2D eigenvalue weighted by atomic mass is 16.6. The van der Waals surface area contributed by atoms with E-state index in [2.05, 4.69) is 0 Å². The molecule has 96 valence electrons. The van der Waals surface area contributed by atoms with Gasteiger partial charge in [0.25, 0.3) is 0 Å². The van der Waals surface area contributed by atoms with Gasteiger partial charge in [-0.25, -0.2) is 0 Å². The fourth-order valence-electron chi connectivity index (χ4n) is 1.65. The van der Waals surface area contributed by atoms with E-state index in [-0.39, 0.29) is 25.4 Å². The van der Waals surface area contributed by atoms with Gasteiger partial charge in [0.1, 0.15) is 13.0 Å². The van der Waals surface area contributed by atoms with Crippen molar-refractivity contribution in [2.24, 2.45) is 0 Å². The van der Waals surface area contributed by atoms with Crippen LogP contribution in [0.1, 0.15) is 13.3 Å². The summed E-state index contributed by atoms with van der Waals surface area (Å²) in [6.45, 7) is 2.07. The van der Waals surface area contributed by atoms with Gasteiger partial charge in [-0.05, 0) is 19.1 Å². The van der Waals surface area contributed by atoms with Crippen molar-refractivity contribution in [3.05, 3.63) is 24.3 Å². The van der Waals surface area contributed by atoms with Crippen molar-refractivity contribution in [2.45, 2.75) is 19.4 Å². The van der Waals surface area contributed by atoms with Crippen molar-refractivity contribution in [1.29, 1.82) is 0 Å². The number of para-hydroxylation sites is 2. The molecule has 0 fully saturated rings. The third kappa shape index (κ3) is 2.80. The van der Waals surface area contributed by atoms with Gasteiger partial charge in [-0.1, -0.05) is 12.1 Å². The van der Waals surface area contributed by atoms with Gasteiger partial charge in [-0.15, -0.1) is 0 Å². The van der Waals surface area contributed by atoms with Gasteiger partial charge in [0.15, 0.2) is 23.4 Å². The molecule has 0 bridgehead atoms. The van der Waals surface area contributed by atoms with Gasteiger partial charge in [0.05, 0.1) is 6.61 Å². The van der Waals surface area contributed by atoms with Gasteiger partial charge in [0, 0.05) is 0 Å². The number of rotatable bonds is 4. The number of fused-ring (bicyclic) bond motifs is 1. The number of carbonyl (C=O) groups is 2. The van der Waals surface area contributed by atoms with E-state index in [0.717, 1.165) is 0 Å². The van der Waals surface area contributed by atoms with E-state index in [4.69, 9.17) is 14.2 Å². The van der Waals surface area contributed by atoms with Gasteiger partial charge < -0.3 is 14.2 Å². The van der Waals surface area contributed by atoms with Crippen LogP contribution in [0.5, 0.6) is 11.5 Å². The molecule has 1 aliphatic heterocycles. The molecule has 0 aliphatic carbocycles. The molecule has 0 saturated carbocycles. The van der Waals surface area contributed by atoms with Crippen LogP contribution in [-0.4, -0.2) is 31.1 Å². The SMILES string of the molecule is CCOC(=O)CC(=O)[C@@H]1COc2ccccc2O1. The maximum absolute atomic E-state index is 11.8. The molecule has 0 N–H and O–H groups in total. The first kappa shape index (κ1) is 12.4. The molecule has 1 heterocycles. The molecule has 0 aromatic heterocycles. The Balaban J connectivity index is 1.96. The lowest BCUT2D eigenvalue weighted by Gasteiger charge is -2.25. The quantitative estimate of drug-likeness (QED) is 0.596. The Morgan fingerprint density at radius 1 is 1.33 bits per heavy atom. The van der Waals surface area contributed by atoms with Crippen molar-refractivity contribution in [2.75, 3.05) is 13.2 Å². The number of benzene rings is 1. The molecule has 5 nitrogen and oxygen atoms in total.